The maximum Gasteiger partial charge on any atom is 0.243 e. The fraction of sp³-hybridized carbons (Fsp3) is 0.316. The summed E-state index contributed by atoms with van der Waals surface area (Å²) in [6.07, 6.45) is 0. The fourth-order valence-corrected chi connectivity index (χ4v) is 5.02. The fourth-order valence-electron chi connectivity index (χ4n) is 2.53. The molecule has 0 bridgehead atoms. The second-order valence-corrected chi connectivity index (χ2v) is 9.15. The Bertz CT molecular complexity index is 884. The van der Waals surface area contributed by atoms with Crippen LogP contribution in [0.2, 0.25) is 5.02 Å². The Morgan fingerprint density at radius 2 is 1.81 bits per heavy atom. The van der Waals surface area contributed by atoms with Crippen molar-refractivity contribution in [2.24, 2.45) is 0 Å². The molecule has 146 valence electrons. The van der Waals surface area contributed by atoms with Gasteiger partial charge in [0.1, 0.15) is 0 Å². The van der Waals surface area contributed by atoms with Crippen molar-refractivity contribution in [2.75, 3.05) is 24.2 Å². The van der Waals surface area contributed by atoms with E-state index in [-0.39, 0.29) is 16.6 Å². The van der Waals surface area contributed by atoms with Crippen LogP contribution >= 0.6 is 23.4 Å². The van der Waals surface area contributed by atoms with E-state index in [2.05, 4.69) is 5.32 Å². The Balaban J connectivity index is 1.96. The van der Waals surface area contributed by atoms with Gasteiger partial charge < -0.3 is 5.32 Å². The lowest BCUT2D eigenvalue weighted by atomic mass is 10.2. The first-order chi connectivity index (χ1) is 12.9. The van der Waals surface area contributed by atoms with Crippen molar-refractivity contribution >= 4 is 45.0 Å². The molecule has 5 nitrogen and oxygen atoms in total. The van der Waals surface area contributed by atoms with Gasteiger partial charge in [-0.25, -0.2) is 8.42 Å². The first-order valence-corrected chi connectivity index (χ1v) is 11.6. The molecule has 8 heteroatoms. The van der Waals surface area contributed by atoms with E-state index in [1.807, 2.05) is 24.3 Å². The smallest absolute Gasteiger partial charge is 0.243 e. The zero-order valence-corrected chi connectivity index (χ0v) is 17.7. The highest BCUT2D eigenvalue weighted by atomic mass is 35.5. The molecule has 0 atom stereocenters. The predicted octanol–water partition coefficient (Wildman–Crippen LogP) is 4.24. The minimum Gasteiger partial charge on any atom is -0.325 e. The van der Waals surface area contributed by atoms with Crippen LogP contribution in [0.15, 0.2) is 53.4 Å². The molecule has 2 aromatic carbocycles. The molecule has 0 saturated carbocycles. The van der Waals surface area contributed by atoms with Gasteiger partial charge in [-0.2, -0.15) is 4.31 Å². The monoisotopic (exact) mass is 426 g/mol. The first-order valence-electron chi connectivity index (χ1n) is 8.59. The van der Waals surface area contributed by atoms with Crippen molar-refractivity contribution in [3.8, 4) is 0 Å². The number of halogens is 1. The van der Waals surface area contributed by atoms with Crippen LogP contribution in [-0.4, -0.2) is 37.5 Å². The minimum atomic E-state index is -3.55. The molecule has 0 heterocycles. The molecule has 2 aromatic rings. The second kappa shape index (κ2) is 10.1. The van der Waals surface area contributed by atoms with Crippen LogP contribution in [0.5, 0.6) is 0 Å². The highest BCUT2D eigenvalue weighted by Crippen LogP contribution is 2.20. The first kappa shape index (κ1) is 21.8. The van der Waals surface area contributed by atoms with E-state index in [1.165, 1.54) is 28.2 Å². The standard InChI is InChI=1S/C19H23ClN2O3S2/c1-3-22(4-2)27(24,25)18-10-6-9-17(12-18)21-19(23)14-26-13-15-7-5-8-16(20)11-15/h5-12H,3-4,13-14H2,1-2H3,(H,21,23). The normalized spacial score (nSPS) is 11.6. The van der Waals surface area contributed by atoms with Crippen LogP contribution < -0.4 is 5.32 Å². The Kier molecular flexibility index (Phi) is 8.16. The Morgan fingerprint density at radius 1 is 1.11 bits per heavy atom. The van der Waals surface area contributed by atoms with E-state index in [4.69, 9.17) is 11.6 Å². The average Bonchev–Trinajstić information content (AvgIpc) is 2.63. The highest BCUT2D eigenvalue weighted by molar-refractivity contribution is 7.99. The van der Waals surface area contributed by atoms with Crippen molar-refractivity contribution < 1.29 is 13.2 Å². The van der Waals surface area contributed by atoms with Crippen molar-refractivity contribution in [1.29, 1.82) is 0 Å². The van der Waals surface area contributed by atoms with Gasteiger partial charge in [0.25, 0.3) is 0 Å². The number of hydrogen-bond donors (Lipinski definition) is 1. The summed E-state index contributed by atoms with van der Waals surface area (Å²) >= 11 is 7.41. The summed E-state index contributed by atoms with van der Waals surface area (Å²) < 4.78 is 26.6. The highest BCUT2D eigenvalue weighted by Gasteiger charge is 2.21. The molecule has 0 unspecified atom stereocenters. The van der Waals surface area contributed by atoms with Crippen LogP contribution in [0, 0.1) is 0 Å². The Labute approximate surface area is 170 Å². The summed E-state index contributed by atoms with van der Waals surface area (Å²) in [4.78, 5) is 12.3. The summed E-state index contributed by atoms with van der Waals surface area (Å²) in [6, 6.07) is 13.9. The van der Waals surface area contributed by atoms with Crippen LogP contribution in [0.1, 0.15) is 19.4 Å². The minimum absolute atomic E-state index is 0.176. The summed E-state index contributed by atoms with van der Waals surface area (Å²) in [5, 5.41) is 3.43. The number of rotatable bonds is 9. The van der Waals surface area contributed by atoms with Gasteiger partial charge in [-0.05, 0) is 35.9 Å². The van der Waals surface area contributed by atoms with Crippen molar-refractivity contribution in [1.82, 2.24) is 4.31 Å². The van der Waals surface area contributed by atoms with E-state index in [9.17, 15) is 13.2 Å². The molecule has 1 amide bonds. The molecule has 27 heavy (non-hydrogen) atoms. The number of anilines is 1. The summed E-state index contributed by atoms with van der Waals surface area (Å²) in [5.74, 6) is 0.753. The van der Waals surface area contributed by atoms with E-state index < -0.39 is 10.0 Å². The third-order valence-corrected chi connectivity index (χ3v) is 7.14. The molecule has 0 saturated heterocycles. The zero-order valence-electron chi connectivity index (χ0n) is 15.3. The topological polar surface area (TPSA) is 66.5 Å². The molecular weight excluding hydrogens is 404 g/mol. The predicted molar refractivity (Wildman–Crippen MR) is 113 cm³/mol. The summed E-state index contributed by atoms with van der Waals surface area (Å²) in [6.45, 7) is 4.39. The molecule has 0 aromatic heterocycles. The summed E-state index contributed by atoms with van der Waals surface area (Å²) in [5.41, 5.74) is 1.52. The number of carbonyl (C=O) groups is 1. The van der Waals surface area contributed by atoms with Crippen molar-refractivity contribution in [3.05, 3.63) is 59.1 Å². The van der Waals surface area contributed by atoms with Gasteiger partial charge >= 0.3 is 0 Å². The number of thioether (sulfide) groups is 1. The lowest BCUT2D eigenvalue weighted by Crippen LogP contribution is -2.30. The lowest BCUT2D eigenvalue weighted by molar-refractivity contribution is -0.113. The number of benzene rings is 2. The van der Waals surface area contributed by atoms with Gasteiger partial charge in [-0.15, -0.1) is 11.8 Å². The molecule has 0 fully saturated rings. The number of hydrogen-bond acceptors (Lipinski definition) is 4. The molecule has 0 spiro atoms. The third kappa shape index (κ3) is 6.24. The van der Waals surface area contributed by atoms with Crippen LogP contribution in [0.3, 0.4) is 0 Å². The second-order valence-electron chi connectivity index (χ2n) is 5.79. The zero-order chi connectivity index (χ0) is 19.9. The van der Waals surface area contributed by atoms with E-state index >= 15 is 0 Å². The number of carbonyl (C=O) groups excluding carboxylic acids is 1. The molecule has 1 N–H and O–H groups in total. The lowest BCUT2D eigenvalue weighted by Gasteiger charge is -2.18. The number of nitrogens with one attached hydrogen (secondary N) is 1. The Morgan fingerprint density at radius 3 is 2.48 bits per heavy atom. The molecular formula is C19H23ClN2O3S2. The summed E-state index contributed by atoms with van der Waals surface area (Å²) in [7, 11) is -3.55. The van der Waals surface area contributed by atoms with Gasteiger partial charge in [0.15, 0.2) is 0 Å². The van der Waals surface area contributed by atoms with Crippen molar-refractivity contribution in [2.45, 2.75) is 24.5 Å². The van der Waals surface area contributed by atoms with Crippen LogP contribution in [0.4, 0.5) is 5.69 Å². The number of amides is 1. The third-order valence-electron chi connectivity index (χ3n) is 3.85. The number of sulfonamides is 1. The van der Waals surface area contributed by atoms with E-state index in [0.717, 1.165) is 5.56 Å². The molecule has 0 aliphatic rings. The molecule has 0 aliphatic carbocycles. The van der Waals surface area contributed by atoms with Crippen LogP contribution in [0.25, 0.3) is 0 Å². The van der Waals surface area contributed by atoms with E-state index in [0.29, 0.717) is 29.6 Å². The van der Waals surface area contributed by atoms with Crippen LogP contribution in [-0.2, 0) is 20.6 Å². The van der Waals surface area contributed by atoms with Gasteiger partial charge in [0.05, 0.1) is 10.6 Å². The van der Waals surface area contributed by atoms with Crippen molar-refractivity contribution in [3.63, 3.8) is 0 Å². The maximum atomic E-state index is 12.6. The van der Waals surface area contributed by atoms with Gasteiger partial charge in [-0.1, -0.05) is 43.6 Å². The average molecular weight is 427 g/mol. The van der Waals surface area contributed by atoms with Gasteiger partial charge in [0.2, 0.25) is 15.9 Å². The molecule has 2 rings (SSSR count). The van der Waals surface area contributed by atoms with Gasteiger partial charge in [0, 0.05) is 29.6 Å². The SMILES string of the molecule is CCN(CC)S(=O)(=O)c1cccc(NC(=O)CSCc2cccc(Cl)c2)c1. The number of nitrogens with zero attached hydrogens (tertiary/aromatic N) is 1. The quantitative estimate of drug-likeness (QED) is 0.651. The van der Waals surface area contributed by atoms with E-state index in [1.54, 1.807) is 26.0 Å². The maximum absolute atomic E-state index is 12.6. The molecule has 0 aliphatic heterocycles. The largest absolute Gasteiger partial charge is 0.325 e. The van der Waals surface area contributed by atoms with Gasteiger partial charge in [-0.3, -0.25) is 4.79 Å². The molecule has 0 radical (unpaired) electrons. The Hall–Kier alpha value is -1.54.